The van der Waals surface area contributed by atoms with Gasteiger partial charge in [-0.2, -0.15) is 0 Å². The number of carbonyl (C=O) groups is 1. The first kappa shape index (κ1) is 16.3. The van der Waals surface area contributed by atoms with Crippen LogP contribution in [0.1, 0.15) is 39.0 Å². The van der Waals surface area contributed by atoms with Gasteiger partial charge >= 0.3 is 0 Å². The highest BCUT2D eigenvalue weighted by molar-refractivity contribution is 5.91. The fourth-order valence-corrected chi connectivity index (χ4v) is 3.79. The zero-order valence-electron chi connectivity index (χ0n) is 14.2. The van der Waals surface area contributed by atoms with Gasteiger partial charge in [0.15, 0.2) is 0 Å². The van der Waals surface area contributed by atoms with Gasteiger partial charge in [0.25, 0.3) is 0 Å². The minimum Gasteiger partial charge on any atom is -0.371 e. The lowest BCUT2D eigenvalue weighted by Gasteiger charge is -2.28. The number of piperidine rings is 1. The molecule has 2 N–H and O–H groups in total. The quantitative estimate of drug-likeness (QED) is 0.876. The zero-order chi connectivity index (χ0) is 16.1. The summed E-state index contributed by atoms with van der Waals surface area (Å²) in [4.78, 5) is 14.7. The standard InChI is InChI=1S/C19H29N3O/c1-15(16-6-5-9-20-14-16)12-19(23)21-17-7-4-8-18(13-17)22-10-2-3-11-22/h4,7-8,13,15-16,20H,2-3,5-6,9-12,14H2,1H3,(H,21,23). The summed E-state index contributed by atoms with van der Waals surface area (Å²) in [6.45, 7) is 6.64. The number of carbonyl (C=O) groups excluding carboxylic acids is 1. The summed E-state index contributed by atoms with van der Waals surface area (Å²) in [5.74, 6) is 1.21. The van der Waals surface area contributed by atoms with Crippen LogP contribution in [0.5, 0.6) is 0 Å². The highest BCUT2D eigenvalue weighted by atomic mass is 16.1. The van der Waals surface area contributed by atoms with Crippen LogP contribution in [0.3, 0.4) is 0 Å². The first-order valence-electron chi connectivity index (χ1n) is 9.08. The Kier molecular flexibility index (Phi) is 5.55. The maximum Gasteiger partial charge on any atom is 0.224 e. The number of rotatable bonds is 5. The molecular weight excluding hydrogens is 286 g/mol. The second kappa shape index (κ2) is 7.82. The van der Waals surface area contributed by atoms with E-state index >= 15 is 0 Å². The molecule has 0 saturated carbocycles. The van der Waals surface area contributed by atoms with Crippen molar-refractivity contribution in [2.75, 3.05) is 36.4 Å². The molecule has 1 amide bonds. The number of hydrogen-bond donors (Lipinski definition) is 2. The molecule has 4 heteroatoms. The minimum atomic E-state index is 0.140. The largest absolute Gasteiger partial charge is 0.371 e. The van der Waals surface area contributed by atoms with Crippen LogP contribution in [0.25, 0.3) is 0 Å². The van der Waals surface area contributed by atoms with E-state index in [2.05, 4.69) is 34.6 Å². The third-order valence-electron chi connectivity index (χ3n) is 5.25. The molecule has 4 nitrogen and oxygen atoms in total. The predicted octanol–water partition coefficient (Wildman–Crippen LogP) is 3.25. The average molecular weight is 315 g/mol. The molecule has 126 valence electrons. The Bertz CT molecular complexity index is 519. The van der Waals surface area contributed by atoms with Gasteiger partial charge in [0.05, 0.1) is 0 Å². The first-order valence-corrected chi connectivity index (χ1v) is 9.08. The molecule has 2 aliphatic rings. The van der Waals surface area contributed by atoms with Gasteiger partial charge in [-0.05, 0) is 68.8 Å². The third kappa shape index (κ3) is 4.47. The van der Waals surface area contributed by atoms with Gasteiger partial charge in [0, 0.05) is 30.9 Å². The van der Waals surface area contributed by atoms with E-state index in [1.165, 1.54) is 31.4 Å². The van der Waals surface area contributed by atoms with Gasteiger partial charge in [-0.25, -0.2) is 0 Å². The van der Waals surface area contributed by atoms with Crippen molar-refractivity contribution in [3.05, 3.63) is 24.3 Å². The Morgan fingerprint density at radius 2 is 2.17 bits per heavy atom. The van der Waals surface area contributed by atoms with Crippen molar-refractivity contribution < 1.29 is 4.79 Å². The zero-order valence-corrected chi connectivity index (χ0v) is 14.2. The molecule has 0 bridgehead atoms. The number of amides is 1. The molecular formula is C19H29N3O. The van der Waals surface area contributed by atoms with Crippen LogP contribution in [0, 0.1) is 11.8 Å². The number of nitrogens with one attached hydrogen (secondary N) is 2. The molecule has 1 aromatic rings. The summed E-state index contributed by atoms with van der Waals surface area (Å²) in [5.41, 5.74) is 2.15. The molecule has 3 rings (SSSR count). The van der Waals surface area contributed by atoms with Crippen LogP contribution >= 0.6 is 0 Å². The van der Waals surface area contributed by atoms with Crippen LogP contribution in [0.2, 0.25) is 0 Å². The van der Waals surface area contributed by atoms with Gasteiger partial charge in [0.1, 0.15) is 0 Å². The monoisotopic (exact) mass is 315 g/mol. The van der Waals surface area contributed by atoms with Gasteiger partial charge in [-0.1, -0.05) is 13.0 Å². The highest BCUT2D eigenvalue weighted by Crippen LogP contribution is 2.25. The molecule has 23 heavy (non-hydrogen) atoms. The van der Waals surface area contributed by atoms with E-state index in [1.807, 2.05) is 12.1 Å². The van der Waals surface area contributed by atoms with E-state index in [0.717, 1.165) is 31.9 Å². The third-order valence-corrected chi connectivity index (χ3v) is 5.25. The number of anilines is 2. The van der Waals surface area contributed by atoms with Crippen LogP contribution in [-0.4, -0.2) is 32.1 Å². The lowest BCUT2D eigenvalue weighted by Crippen LogP contribution is -2.34. The summed E-state index contributed by atoms with van der Waals surface area (Å²) in [7, 11) is 0. The van der Waals surface area contributed by atoms with Gasteiger partial charge in [-0.15, -0.1) is 0 Å². The summed E-state index contributed by atoms with van der Waals surface area (Å²) in [6.07, 6.45) is 5.62. The second-order valence-corrected chi connectivity index (χ2v) is 7.08. The van der Waals surface area contributed by atoms with Crippen molar-refractivity contribution in [2.45, 2.75) is 39.0 Å². The van der Waals surface area contributed by atoms with Gasteiger partial charge in [-0.3, -0.25) is 4.79 Å². The van der Waals surface area contributed by atoms with Gasteiger partial charge < -0.3 is 15.5 Å². The van der Waals surface area contributed by atoms with E-state index in [9.17, 15) is 4.79 Å². The average Bonchev–Trinajstić information content (AvgIpc) is 3.10. The van der Waals surface area contributed by atoms with E-state index in [1.54, 1.807) is 0 Å². The summed E-state index contributed by atoms with van der Waals surface area (Å²) >= 11 is 0. The maximum absolute atomic E-state index is 12.4. The van der Waals surface area contributed by atoms with Crippen LogP contribution in [0.4, 0.5) is 11.4 Å². The highest BCUT2D eigenvalue weighted by Gasteiger charge is 2.22. The Hall–Kier alpha value is -1.55. The molecule has 0 aromatic heterocycles. The molecule has 2 aliphatic heterocycles. The SMILES string of the molecule is CC(CC(=O)Nc1cccc(N2CCCC2)c1)C1CCCNC1. The van der Waals surface area contributed by atoms with Crippen LogP contribution in [-0.2, 0) is 4.79 Å². The summed E-state index contributed by atoms with van der Waals surface area (Å²) in [5, 5.41) is 6.53. The minimum absolute atomic E-state index is 0.140. The summed E-state index contributed by atoms with van der Waals surface area (Å²) in [6, 6.07) is 8.27. The molecule has 0 spiro atoms. The lowest BCUT2D eigenvalue weighted by molar-refractivity contribution is -0.117. The topological polar surface area (TPSA) is 44.4 Å². The molecule has 2 atom stereocenters. The predicted molar refractivity (Wildman–Crippen MR) is 95.9 cm³/mol. The van der Waals surface area contributed by atoms with E-state index in [4.69, 9.17) is 0 Å². The number of hydrogen-bond acceptors (Lipinski definition) is 3. The van der Waals surface area contributed by atoms with E-state index in [-0.39, 0.29) is 5.91 Å². The second-order valence-electron chi connectivity index (χ2n) is 7.08. The Morgan fingerprint density at radius 3 is 2.91 bits per heavy atom. The van der Waals surface area contributed by atoms with Crippen LogP contribution in [0.15, 0.2) is 24.3 Å². The lowest BCUT2D eigenvalue weighted by atomic mass is 9.85. The molecule has 0 radical (unpaired) electrons. The van der Waals surface area contributed by atoms with E-state index in [0.29, 0.717) is 18.3 Å². The van der Waals surface area contributed by atoms with Crippen molar-refractivity contribution in [1.29, 1.82) is 0 Å². The molecule has 2 unspecified atom stereocenters. The molecule has 2 saturated heterocycles. The van der Waals surface area contributed by atoms with Crippen molar-refractivity contribution in [1.82, 2.24) is 5.32 Å². The van der Waals surface area contributed by atoms with Crippen molar-refractivity contribution >= 4 is 17.3 Å². The fourth-order valence-electron chi connectivity index (χ4n) is 3.79. The van der Waals surface area contributed by atoms with E-state index < -0.39 is 0 Å². The maximum atomic E-state index is 12.4. The Balaban J connectivity index is 1.53. The van der Waals surface area contributed by atoms with Crippen molar-refractivity contribution in [2.24, 2.45) is 11.8 Å². The Morgan fingerprint density at radius 1 is 1.35 bits per heavy atom. The molecule has 2 fully saturated rings. The molecule has 1 aromatic carbocycles. The van der Waals surface area contributed by atoms with Crippen LogP contribution < -0.4 is 15.5 Å². The normalized spacial score (nSPS) is 22.8. The summed E-state index contributed by atoms with van der Waals surface area (Å²) < 4.78 is 0. The van der Waals surface area contributed by atoms with Gasteiger partial charge in [0.2, 0.25) is 5.91 Å². The Labute approximate surface area is 139 Å². The van der Waals surface area contributed by atoms with Crippen molar-refractivity contribution in [3.8, 4) is 0 Å². The fraction of sp³-hybridized carbons (Fsp3) is 0.632. The number of nitrogens with zero attached hydrogens (tertiary/aromatic N) is 1. The smallest absolute Gasteiger partial charge is 0.224 e. The first-order chi connectivity index (χ1) is 11.2. The molecule has 0 aliphatic carbocycles. The van der Waals surface area contributed by atoms with Crippen molar-refractivity contribution in [3.63, 3.8) is 0 Å². The molecule has 2 heterocycles. The number of benzene rings is 1.